The van der Waals surface area contributed by atoms with Crippen LogP contribution in [0.5, 0.6) is 0 Å². The van der Waals surface area contributed by atoms with Crippen LogP contribution >= 0.6 is 0 Å². The third kappa shape index (κ3) is 4.57. The van der Waals surface area contributed by atoms with Crippen molar-refractivity contribution >= 4 is 17.7 Å². The number of anilines is 2. The zero-order valence-electron chi connectivity index (χ0n) is 14.2. The van der Waals surface area contributed by atoms with Gasteiger partial charge in [-0.3, -0.25) is 4.79 Å². The third-order valence-corrected chi connectivity index (χ3v) is 3.85. The molecule has 0 atom stereocenters. The Hall–Kier alpha value is -2.37. The van der Waals surface area contributed by atoms with Gasteiger partial charge in [0.25, 0.3) is 0 Å². The number of carbonyl (C=O) groups is 1. The Morgan fingerprint density at radius 3 is 2.17 bits per heavy atom. The van der Waals surface area contributed by atoms with E-state index in [9.17, 15) is 4.79 Å². The number of rotatable bonds is 9. The molecule has 128 valence electrons. The maximum Gasteiger partial charge on any atom is 0.150 e. The van der Waals surface area contributed by atoms with Gasteiger partial charge in [0, 0.05) is 49.8 Å². The zero-order chi connectivity index (χ0) is 17.4. The largest absolute Gasteiger partial charge is 0.399 e. The highest BCUT2D eigenvalue weighted by Crippen LogP contribution is 2.33. The molecule has 0 bridgehead atoms. The highest BCUT2D eigenvalue weighted by Gasteiger charge is 2.13. The molecule has 2 aromatic rings. The van der Waals surface area contributed by atoms with Gasteiger partial charge in [0.2, 0.25) is 0 Å². The monoisotopic (exact) mass is 328 g/mol. The van der Waals surface area contributed by atoms with E-state index in [2.05, 4.69) is 4.90 Å². The number of aldehydes is 1. The minimum Gasteiger partial charge on any atom is -0.399 e. The SMILES string of the molecule is COCCN(CCOC)c1ccc(N)cc1-c1ccc(C=O)cc1. The van der Waals surface area contributed by atoms with E-state index in [1.165, 1.54) is 0 Å². The predicted octanol–water partition coefficient (Wildman–Crippen LogP) is 2.85. The fourth-order valence-corrected chi connectivity index (χ4v) is 2.56. The first-order valence-corrected chi connectivity index (χ1v) is 7.87. The van der Waals surface area contributed by atoms with Crippen molar-refractivity contribution in [3.05, 3.63) is 48.0 Å². The molecule has 0 fully saturated rings. The normalized spacial score (nSPS) is 10.6. The highest BCUT2D eigenvalue weighted by atomic mass is 16.5. The molecule has 5 nitrogen and oxygen atoms in total. The Bertz CT molecular complexity index is 648. The van der Waals surface area contributed by atoms with Crippen LogP contribution in [0.15, 0.2) is 42.5 Å². The quantitative estimate of drug-likeness (QED) is 0.566. The first-order valence-electron chi connectivity index (χ1n) is 7.87. The standard InChI is InChI=1S/C19H24N2O3/c1-23-11-9-21(10-12-24-2)19-8-7-17(20)13-18(19)16-5-3-15(14-22)4-6-16/h3-8,13-14H,9-12,20H2,1-2H3. The van der Waals surface area contributed by atoms with Crippen LogP contribution in [0.1, 0.15) is 10.4 Å². The highest BCUT2D eigenvalue weighted by molar-refractivity contribution is 5.83. The summed E-state index contributed by atoms with van der Waals surface area (Å²) in [6.07, 6.45) is 0.841. The van der Waals surface area contributed by atoms with Crippen molar-refractivity contribution in [1.29, 1.82) is 0 Å². The molecule has 24 heavy (non-hydrogen) atoms. The van der Waals surface area contributed by atoms with E-state index in [-0.39, 0.29) is 0 Å². The molecular formula is C19H24N2O3. The van der Waals surface area contributed by atoms with Crippen LogP contribution in [-0.4, -0.2) is 46.8 Å². The maximum atomic E-state index is 10.9. The van der Waals surface area contributed by atoms with Crippen molar-refractivity contribution in [3.8, 4) is 11.1 Å². The molecular weight excluding hydrogens is 304 g/mol. The summed E-state index contributed by atoms with van der Waals surface area (Å²) in [7, 11) is 3.38. The molecule has 0 unspecified atom stereocenters. The number of carbonyl (C=O) groups excluding carboxylic acids is 1. The lowest BCUT2D eigenvalue weighted by molar-refractivity contribution is 0.112. The molecule has 2 rings (SSSR count). The van der Waals surface area contributed by atoms with E-state index < -0.39 is 0 Å². The third-order valence-electron chi connectivity index (χ3n) is 3.85. The lowest BCUT2D eigenvalue weighted by atomic mass is 10.0. The molecule has 0 saturated carbocycles. The van der Waals surface area contributed by atoms with Crippen molar-refractivity contribution in [3.63, 3.8) is 0 Å². The molecule has 0 heterocycles. The Morgan fingerprint density at radius 2 is 1.62 bits per heavy atom. The second-order valence-electron chi connectivity index (χ2n) is 5.49. The smallest absolute Gasteiger partial charge is 0.150 e. The molecule has 0 radical (unpaired) electrons. The van der Waals surface area contributed by atoms with Gasteiger partial charge in [-0.2, -0.15) is 0 Å². The van der Waals surface area contributed by atoms with Gasteiger partial charge >= 0.3 is 0 Å². The van der Waals surface area contributed by atoms with Crippen molar-refractivity contribution in [2.75, 3.05) is 51.2 Å². The minimum absolute atomic E-state index is 0.623. The van der Waals surface area contributed by atoms with Crippen LogP contribution in [-0.2, 0) is 9.47 Å². The predicted molar refractivity (Wildman–Crippen MR) is 97.6 cm³/mol. The molecule has 0 saturated heterocycles. The van der Waals surface area contributed by atoms with E-state index in [4.69, 9.17) is 15.2 Å². The van der Waals surface area contributed by atoms with Gasteiger partial charge < -0.3 is 20.1 Å². The first-order chi connectivity index (χ1) is 11.7. The lowest BCUT2D eigenvalue weighted by Crippen LogP contribution is -2.31. The summed E-state index contributed by atoms with van der Waals surface area (Å²) >= 11 is 0. The van der Waals surface area contributed by atoms with Crippen molar-refractivity contribution < 1.29 is 14.3 Å². The second kappa shape index (κ2) is 9.05. The maximum absolute atomic E-state index is 10.9. The Balaban J connectivity index is 2.41. The van der Waals surface area contributed by atoms with Gasteiger partial charge in [0.1, 0.15) is 6.29 Å². The summed E-state index contributed by atoms with van der Waals surface area (Å²) in [5, 5.41) is 0. The number of benzene rings is 2. The van der Waals surface area contributed by atoms with Crippen LogP contribution < -0.4 is 10.6 Å². The van der Waals surface area contributed by atoms with Crippen molar-refractivity contribution in [1.82, 2.24) is 0 Å². The average molecular weight is 328 g/mol. The molecule has 5 heteroatoms. The van der Waals surface area contributed by atoms with Gasteiger partial charge in [-0.1, -0.05) is 24.3 Å². The van der Waals surface area contributed by atoms with Crippen molar-refractivity contribution in [2.24, 2.45) is 0 Å². The van der Waals surface area contributed by atoms with Gasteiger partial charge in [0.05, 0.1) is 13.2 Å². The van der Waals surface area contributed by atoms with E-state index in [0.29, 0.717) is 24.5 Å². The summed E-state index contributed by atoms with van der Waals surface area (Å²) < 4.78 is 10.5. The van der Waals surface area contributed by atoms with Gasteiger partial charge in [-0.25, -0.2) is 0 Å². The summed E-state index contributed by atoms with van der Waals surface area (Å²) in [4.78, 5) is 13.1. The lowest BCUT2D eigenvalue weighted by Gasteiger charge is -2.27. The molecule has 0 aliphatic heterocycles. The van der Waals surface area contributed by atoms with Gasteiger partial charge in [-0.05, 0) is 23.8 Å². The number of ether oxygens (including phenoxy) is 2. The summed E-state index contributed by atoms with van der Waals surface area (Å²) in [5.74, 6) is 0. The minimum atomic E-state index is 0.623. The van der Waals surface area contributed by atoms with Crippen LogP contribution in [0.2, 0.25) is 0 Å². The zero-order valence-corrected chi connectivity index (χ0v) is 14.2. The summed E-state index contributed by atoms with van der Waals surface area (Å²) in [6, 6.07) is 13.4. The van der Waals surface area contributed by atoms with E-state index in [1.807, 2.05) is 42.5 Å². The van der Waals surface area contributed by atoms with Gasteiger partial charge in [0.15, 0.2) is 0 Å². The van der Waals surface area contributed by atoms with Crippen LogP contribution in [0.25, 0.3) is 11.1 Å². The average Bonchev–Trinajstić information content (AvgIpc) is 2.62. The molecule has 2 N–H and O–H groups in total. The van der Waals surface area contributed by atoms with E-state index >= 15 is 0 Å². The number of methoxy groups -OCH3 is 2. The molecule has 2 aromatic carbocycles. The summed E-state index contributed by atoms with van der Waals surface area (Å²) in [6.45, 7) is 2.75. The molecule has 0 aliphatic carbocycles. The molecule has 0 spiro atoms. The number of nitrogens with two attached hydrogens (primary N) is 1. The number of nitrogens with zero attached hydrogens (tertiary/aromatic N) is 1. The first kappa shape index (κ1) is 18.0. The van der Waals surface area contributed by atoms with Gasteiger partial charge in [-0.15, -0.1) is 0 Å². The molecule has 0 aromatic heterocycles. The Labute approximate surface area is 143 Å². The number of hydrogen-bond acceptors (Lipinski definition) is 5. The van der Waals surface area contributed by atoms with Crippen molar-refractivity contribution in [2.45, 2.75) is 0 Å². The fraction of sp³-hybridized carbons (Fsp3) is 0.316. The van der Waals surface area contributed by atoms with Crippen LogP contribution in [0.4, 0.5) is 11.4 Å². The van der Waals surface area contributed by atoms with Crippen LogP contribution in [0.3, 0.4) is 0 Å². The number of hydrogen-bond donors (Lipinski definition) is 1. The van der Waals surface area contributed by atoms with E-state index in [1.54, 1.807) is 14.2 Å². The fourth-order valence-electron chi connectivity index (χ4n) is 2.56. The Kier molecular flexibility index (Phi) is 6.78. The number of nitrogen functional groups attached to an aromatic ring is 1. The molecule has 0 amide bonds. The topological polar surface area (TPSA) is 64.8 Å². The molecule has 0 aliphatic rings. The Morgan fingerprint density at radius 1 is 1.00 bits per heavy atom. The van der Waals surface area contributed by atoms with E-state index in [0.717, 1.165) is 36.2 Å². The van der Waals surface area contributed by atoms with Crippen LogP contribution in [0, 0.1) is 0 Å². The second-order valence-corrected chi connectivity index (χ2v) is 5.49. The summed E-state index contributed by atoms with van der Waals surface area (Å²) in [5.41, 5.74) is 10.5.